The van der Waals surface area contributed by atoms with E-state index in [4.69, 9.17) is 4.55 Å². The van der Waals surface area contributed by atoms with Gasteiger partial charge in [-0.15, -0.1) is 0 Å². The molecule has 0 atom stereocenters. The molecular weight excluding hydrogens is 238 g/mol. The van der Waals surface area contributed by atoms with Crippen LogP contribution in [-0.4, -0.2) is 31.8 Å². The van der Waals surface area contributed by atoms with E-state index in [9.17, 15) is 8.42 Å². The van der Waals surface area contributed by atoms with E-state index in [1.54, 1.807) is 0 Å². The first kappa shape index (κ1) is 14.0. The van der Waals surface area contributed by atoms with E-state index in [0.29, 0.717) is 13.0 Å². The van der Waals surface area contributed by atoms with Crippen LogP contribution in [0.5, 0.6) is 0 Å². The summed E-state index contributed by atoms with van der Waals surface area (Å²) in [5.41, 5.74) is 2.28. The van der Waals surface area contributed by atoms with Gasteiger partial charge in [0.05, 0.1) is 5.75 Å². The molecule has 96 valence electrons. The van der Waals surface area contributed by atoms with Crippen molar-refractivity contribution in [2.24, 2.45) is 0 Å². The molecule has 1 aromatic rings. The highest BCUT2D eigenvalue weighted by molar-refractivity contribution is 7.85. The number of rotatable bonds is 6. The number of benzene rings is 1. The minimum absolute atomic E-state index is 0.185. The molecule has 0 radical (unpaired) electrons. The zero-order valence-corrected chi connectivity index (χ0v) is 11.1. The van der Waals surface area contributed by atoms with Crippen LogP contribution in [0.15, 0.2) is 24.3 Å². The minimum Gasteiger partial charge on any atom is -0.372 e. The third-order valence-corrected chi connectivity index (χ3v) is 3.47. The summed E-state index contributed by atoms with van der Waals surface area (Å²) in [5, 5.41) is 0. The number of aryl methyl sites for hydroxylation is 1. The van der Waals surface area contributed by atoms with Gasteiger partial charge in [0.1, 0.15) is 0 Å². The Bertz CT molecular complexity index is 457. The minimum atomic E-state index is -3.85. The molecule has 1 N–H and O–H groups in total. The molecule has 0 saturated carbocycles. The summed E-state index contributed by atoms with van der Waals surface area (Å²) in [5.74, 6) is -0.185. The van der Waals surface area contributed by atoms with Gasteiger partial charge in [0, 0.05) is 18.8 Å². The second kappa shape index (κ2) is 6.02. The molecule has 1 rings (SSSR count). The van der Waals surface area contributed by atoms with Gasteiger partial charge in [-0.1, -0.05) is 18.2 Å². The van der Waals surface area contributed by atoms with Crippen molar-refractivity contribution >= 4 is 15.8 Å². The van der Waals surface area contributed by atoms with Gasteiger partial charge in [0.25, 0.3) is 10.1 Å². The lowest BCUT2D eigenvalue weighted by Gasteiger charge is -2.24. The van der Waals surface area contributed by atoms with E-state index >= 15 is 0 Å². The Kier molecular flexibility index (Phi) is 4.96. The van der Waals surface area contributed by atoms with Crippen LogP contribution >= 0.6 is 0 Å². The van der Waals surface area contributed by atoms with Crippen molar-refractivity contribution in [1.29, 1.82) is 0 Å². The highest BCUT2D eigenvalue weighted by Gasteiger charge is 2.09. The summed E-state index contributed by atoms with van der Waals surface area (Å²) in [6.45, 7) is 5.50. The quantitative estimate of drug-likeness (QED) is 0.793. The predicted molar refractivity (Wildman–Crippen MR) is 70.1 cm³/mol. The Balaban J connectivity index is 2.64. The summed E-state index contributed by atoms with van der Waals surface area (Å²) in [7, 11) is -3.85. The molecule has 0 aliphatic heterocycles. The monoisotopic (exact) mass is 257 g/mol. The number of para-hydroxylation sites is 1. The highest BCUT2D eigenvalue weighted by atomic mass is 32.2. The van der Waals surface area contributed by atoms with E-state index in [1.165, 1.54) is 5.56 Å². The summed E-state index contributed by atoms with van der Waals surface area (Å²) >= 11 is 0. The Morgan fingerprint density at radius 2 is 1.94 bits per heavy atom. The molecule has 0 bridgehead atoms. The summed E-state index contributed by atoms with van der Waals surface area (Å²) in [4.78, 5) is 2.11. The van der Waals surface area contributed by atoms with Gasteiger partial charge in [0.2, 0.25) is 0 Å². The molecule has 0 spiro atoms. The number of anilines is 1. The summed E-state index contributed by atoms with van der Waals surface area (Å²) in [6.07, 6.45) is 0.432. The van der Waals surface area contributed by atoms with Crippen molar-refractivity contribution in [2.45, 2.75) is 20.3 Å². The fourth-order valence-corrected chi connectivity index (χ4v) is 2.30. The van der Waals surface area contributed by atoms with Gasteiger partial charge >= 0.3 is 0 Å². The molecule has 0 aliphatic carbocycles. The maximum atomic E-state index is 10.6. The van der Waals surface area contributed by atoms with E-state index < -0.39 is 10.1 Å². The molecule has 0 aliphatic rings. The van der Waals surface area contributed by atoms with Gasteiger partial charge in [-0.2, -0.15) is 8.42 Å². The Hall–Kier alpha value is -1.07. The standard InChI is InChI=1S/C12H19NO3S/c1-3-13(9-6-10-17(14,15)16)12-8-5-4-7-11(12)2/h4-5,7-8H,3,6,9-10H2,1-2H3,(H,14,15,16). The summed E-state index contributed by atoms with van der Waals surface area (Å²) < 4.78 is 30.0. The first-order valence-corrected chi connectivity index (χ1v) is 7.30. The lowest BCUT2D eigenvalue weighted by atomic mass is 10.2. The lowest BCUT2D eigenvalue weighted by Crippen LogP contribution is -2.26. The zero-order valence-electron chi connectivity index (χ0n) is 10.3. The van der Waals surface area contributed by atoms with Crippen LogP contribution in [0.2, 0.25) is 0 Å². The number of hydrogen-bond donors (Lipinski definition) is 1. The van der Waals surface area contributed by atoms with E-state index in [0.717, 1.165) is 12.2 Å². The third-order valence-electron chi connectivity index (χ3n) is 2.67. The Morgan fingerprint density at radius 3 is 2.47 bits per heavy atom. The molecule has 5 heteroatoms. The van der Waals surface area contributed by atoms with Crippen LogP contribution in [0, 0.1) is 6.92 Å². The van der Waals surface area contributed by atoms with Crippen molar-refractivity contribution in [2.75, 3.05) is 23.7 Å². The van der Waals surface area contributed by atoms with Crippen LogP contribution in [0.3, 0.4) is 0 Å². The first-order chi connectivity index (χ1) is 7.94. The molecule has 0 fully saturated rings. The Labute approximate surface area is 103 Å². The molecule has 0 amide bonds. The normalized spacial score (nSPS) is 11.5. The molecule has 1 aromatic carbocycles. The van der Waals surface area contributed by atoms with Gasteiger partial charge in [-0.05, 0) is 31.9 Å². The summed E-state index contributed by atoms with van der Waals surface area (Å²) in [6, 6.07) is 7.99. The van der Waals surface area contributed by atoms with Gasteiger partial charge in [-0.25, -0.2) is 0 Å². The topological polar surface area (TPSA) is 57.6 Å². The van der Waals surface area contributed by atoms with Gasteiger partial charge < -0.3 is 4.90 Å². The molecule has 0 heterocycles. The van der Waals surface area contributed by atoms with Gasteiger partial charge in [-0.3, -0.25) is 4.55 Å². The fourth-order valence-electron chi connectivity index (χ4n) is 1.80. The predicted octanol–water partition coefficient (Wildman–Crippen LogP) is 2.10. The average Bonchev–Trinajstić information content (AvgIpc) is 2.24. The van der Waals surface area contributed by atoms with Crippen molar-refractivity contribution < 1.29 is 13.0 Å². The third kappa shape index (κ3) is 4.75. The van der Waals surface area contributed by atoms with Crippen LogP contribution in [0.4, 0.5) is 5.69 Å². The maximum Gasteiger partial charge on any atom is 0.264 e. The van der Waals surface area contributed by atoms with E-state index in [2.05, 4.69) is 4.90 Å². The van der Waals surface area contributed by atoms with Crippen molar-refractivity contribution in [3.63, 3.8) is 0 Å². The van der Waals surface area contributed by atoms with Crippen molar-refractivity contribution in [1.82, 2.24) is 0 Å². The van der Waals surface area contributed by atoms with Crippen LogP contribution in [-0.2, 0) is 10.1 Å². The second-order valence-corrected chi connectivity index (χ2v) is 5.58. The Morgan fingerprint density at radius 1 is 1.29 bits per heavy atom. The van der Waals surface area contributed by atoms with Crippen molar-refractivity contribution in [3.8, 4) is 0 Å². The smallest absolute Gasteiger partial charge is 0.264 e. The number of nitrogens with zero attached hydrogens (tertiary/aromatic N) is 1. The van der Waals surface area contributed by atoms with Crippen LogP contribution in [0.1, 0.15) is 18.9 Å². The SMILES string of the molecule is CCN(CCCS(=O)(=O)O)c1ccccc1C. The molecule has 0 saturated heterocycles. The molecule has 0 aromatic heterocycles. The first-order valence-electron chi connectivity index (χ1n) is 5.70. The van der Waals surface area contributed by atoms with Gasteiger partial charge in [0.15, 0.2) is 0 Å². The van der Waals surface area contributed by atoms with Crippen LogP contribution in [0.25, 0.3) is 0 Å². The molecule has 0 unspecified atom stereocenters. The van der Waals surface area contributed by atoms with Crippen LogP contribution < -0.4 is 4.90 Å². The van der Waals surface area contributed by atoms with E-state index in [-0.39, 0.29) is 5.75 Å². The number of hydrogen-bond acceptors (Lipinski definition) is 3. The fraction of sp³-hybridized carbons (Fsp3) is 0.500. The van der Waals surface area contributed by atoms with E-state index in [1.807, 2.05) is 38.1 Å². The van der Waals surface area contributed by atoms with Crippen molar-refractivity contribution in [3.05, 3.63) is 29.8 Å². The second-order valence-electron chi connectivity index (χ2n) is 4.01. The maximum absolute atomic E-state index is 10.6. The highest BCUT2D eigenvalue weighted by Crippen LogP contribution is 2.19. The molecule has 4 nitrogen and oxygen atoms in total. The lowest BCUT2D eigenvalue weighted by molar-refractivity contribution is 0.481. The molecular formula is C12H19NO3S. The average molecular weight is 257 g/mol. The molecule has 17 heavy (non-hydrogen) atoms. The largest absolute Gasteiger partial charge is 0.372 e. The zero-order chi connectivity index (χ0) is 12.9.